The third-order valence-electron chi connectivity index (χ3n) is 7.33. The van der Waals surface area contributed by atoms with Crippen molar-refractivity contribution >= 4 is 17.0 Å². The Morgan fingerprint density at radius 2 is 1.30 bits per heavy atom. The van der Waals surface area contributed by atoms with Crippen molar-refractivity contribution in [2.45, 2.75) is 116 Å². The predicted octanol–water partition coefficient (Wildman–Crippen LogP) is 7.43. The molecular weight excluding hydrogens is 458 g/mol. The molecule has 0 saturated carbocycles. The smallest absolute Gasteiger partial charge is 0.356 e. The van der Waals surface area contributed by atoms with E-state index in [1.54, 1.807) is 0 Å². The summed E-state index contributed by atoms with van der Waals surface area (Å²) in [5.41, 5.74) is 8.79. The van der Waals surface area contributed by atoms with Crippen LogP contribution in [0.25, 0.3) is 11.0 Å². The summed E-state index contributed by atoms with van der Waals surface area (Å²) in [6.07, 6.45) is 18.4. The van der Waals surface area contributed by atoms with Crippen molar-refractivity contribution in [2.75, 3.05) is 12.3 Å². The van der Waals surface area contributed by atoms with Crippen molar-refractivity contribution in [3.63, 3.8) is 0 Å². The summed E-state index contributed by atoms with van der Waals surface area (Å²) in [6, 6.07) is 17.9. The Morgan fingerprint density at radius 1 is 0.757 bits per heavy atom. The third-order valence-corrected chi connectivity index (χ3v) is 7.33. The molecule has 0 fully saturated rings. The number of imidazole rings is 1. The van der Waals surface area contributed by atoms with Gasteiger partial charge in [-0.25, -0.2) is 9.13 Å². The Kier molecular flexibility index (Phi) is 13.4. The van der Waals surface area contributed by atoms with Crippen molar-refractivity contribution in [1.82, 2.24) is 4.57 Å². The van der Waals surface area contributed by atoms with E-state index in [0.29, 0.717) is 12.5 Å². The van der Waals surface area contributed by atoms with E-state index in [0.717, 1.165) is 29.7 Å². The summed E-state index contributed by atoms with van der Waals surface area (Å²) in [4.78, 5) is 0. The Morgan fingerprint density at radius 3 is 1.92 bits per heavy atom. The van der Waals surface area contributed by atoms with E-state index in [-0.39, 0.29) is 6.61 Å². The number of hydrogen-bond acceptors (Lipinski definition) is 3. The third kappa shape index (κ3) is 10.0. The number of aliphatic hydroxyl groups excluding tert-OH is 1. The molecule has 0 saturated heterocycles. The number of aliphatic hydroxyl groups is 1. The minimum Gasteiger partial charge on any atom is -0.491 e. The lowest BCUT2D eigenvalue weighted by molar-refractivity contribution is -0.665. The molecular formula is C32H50N3O2+. The number of benzene rings is 2. The molecule has 1 atom stereocenters. The van der Waals surface area contributed by atoms with Crippen molar-refractivity contribution in [3.8, 4) is 5.75 Å². The van der Waals surface area contributed by atoms with E-state index in [9.17, 15) is 5.11 Å². The van der Waals surface area contributed by atoms with Gasteiger partial charge in [-0.15, -0.1) is 0 Å². The number of ether oxygens (including phenoxy) is 1. The molecule has 3 aromatic rings. The molecule has 2 aromatic carbocycles. The molecule has 5 heteroatoms. The normalized spacial score (nSPS) is 12.3. The number of nitrogens with two attached hydrogens (primary N) is 1. The fourth-order valence-corrected chi connectivity index (χ4v) is 5.18. The summed E-state index contributed by atoms with van der Waals surface area (Å²) >= 11 is 0. The molecule has 37 heavy (non-hydrogen) atoms. The highest BCUT2D eigenvalue weighted by Crippen LogP contribution is 2.19. The second-order valence-electron chi connectivity index (χ2n) is 10.5. The molecule has 3 rings (SSSR count). The number of para-hydroxylation sites is 3. The Hall–Kier alpha value is -2.53. The summed E-state index contributed by atoms with van der Waals surface area (Å²) in [7, 11) is 0. The van der Waals surface area contributed by atoms with Gasteiger partial charge in [-0.3, -0.25) is 5.73 Å². The molecule has 0 amide bonds. The van der Waals surface area contributed by atoms with Gasteiger partial charge >= 0.3 is 5.95 Å². The van der Waals surface area contributed by atoms with Gasteiger partial charge in [-0.1, -0.05) is 121 Å². The Balaban J connectivity index is 1.36. The lowest BCUT2D eigenvalue weighted by Gasteiger charge is -2.12. The lowest BCUT2D eigenvalue weighted by atomic mass is 10.0. The number of fused-ring (bicyclic) bond motifs is 1. The van der Waals surface area contributed by atoms with Gasteiger partial charge in [-0.2, -0.15) is 0 Å². The first kappa shape index (κ1) is 29.0. The number of hydrogen-bond donors (Lipinski definition) is 2. The van der Waals surface area contributed by atoms with Gasteiger partial charge in [0.25, 0.3) is 0 Å². The first-order chi connectivity index (χ1) is 18.2. The molecule has 0 spiro atoms. The highest BCUT2D eigenvalue weighted by atomic mass is 16.5. The number of nitrogen functional groups attached to an aromatic ring is 1. The van der Waals surface area contributed by atoms with E-state index in [1.165, 1.54) is 83.5 Å². The maximum Gasteiger partial charge on any atom is 0.356 e. The van der Waals surface area contributed by atoms with Crippen LogP contribution in [0.5, 0.6) is 5.75 Å². The maximum absolute atomic E-state index is 10.7. The Labute approximate surface area is 224 Å². The highest BCUT2D eigenvalue weighted by Gasteiger charge is 2.22. The summed E-state index contributed by atoms with van der Waals surface area (Å²) in [5, 5.41) is 10.7. The summed E-state index contributed by atoms with van der Waals surface area (Å²) in [5.74, 6) is 1.47. The number of aryl methyl sites for hydroxylation is 1. The van der Waals surface area contributed by atoms with E-state index >= 15 is 0 Å². The van der Waals surface area contributed by atoms with Crippen LogP contribution in [0.2, 0.25) is 0 Å². The largest absolute Gasteiger partial charge is 0.491 e. The van der Waals surface area contributed by atoms with Crippen molar-refractivity contribution < 1.29 is 14.4 Å². The number of aromatic nitrogens is 2. The molecule has 3 N–H and O–H groups in total. The summed E-state index contributed by atoms with van der Waals surface area (Å²) < 4.78 is 9.98. The van der Waals surface area contributed by atoms with Crippen LogP contribution < -0.4 is 15.0 Å². The molecule has 0 bridgehead atoms. The minimum absolute atomic E-state index is 0.231. The van der Waals surface area contributed by atoms with Gasteiger partial charge in [0, 0.05) is 0 Å². The topological polar surface area (TPSA) is 64.3 Å². The van der Waals surface area contributed by atoms with Crippen LogP contribution >= 0.6 is 0 Å². The zero-order valence-corrected chi connectivity index (χ0v) is 23.1. The fraction of sp³-hybridized carbons (Fsp3) is 0.594. The number of anilines is 1. The Bertz CT molecular complexity index is 1000. The van der Waals surface area contributed by atoms with Gasteiger partial charge < -0.3 is 9.84 Å². The van der Waals surface area contributed by atoms with Crippen LogP contribution in [0.1, 0.15) is 96.8 Å². The fourth-order valence-electron chi connectivity index (χ4n) is 5.18. The van der Waals surface area contributed by atoms with Crippen molar-refractivity contribution in [1.29, 1.82) is 0 Å². The summed E-state index contributed by atoms with van der Waals surface area (Å²) in [6.45, 7) is 3.83. The average molecular weight is 509 g/mol. The quantitative estimate of drug-likeness (QED) is 0.123. The van der Waals surface area contributed by atoms with Gasteiger partial charge in [-0.05, 0) is 30.7 Å². The van der Waals surface area contributed by atoms with Gasteiger partial charge in [0.15, 0.2) is 0 Å². The SMILES string of the molecule is CCCCCCCCCCCCCCCCn1c(N)[n+](CC(O)COc2ccccc2)c2ccccc21. The minimum atomic E-state index is -0.646. The number of rotatable bonds is 20. The first-order valence-corrected chi connectivity index (χ1v) is 14.8. The second-order valence-corrected chi connectivity index (χ2v) is 10.5. The van der Waals surface area contributed by atoms with Crippen molar-refractivity contribution in [3.05, 3.63) is 54.6 Å². The molecule has 0 aliphatic heterocycles. The van der Waals surface area contributed by atoms with Gasteiger partial charge in [0.1, 0.15) is 36.0 Å². The van der Waals surface area contributed by atoms with Crippen LogP contribution in [0.4, 0.5) is 5.95 Å². The second kappa shape index (κ2) is 17.1. The lowest BCUT2D eigenvalue weighted by Crippen LogP contribution is -2.43. The van der Waals surface area contributed by atoms with E-state index < -0.39 is 6.10 Å². The molecule has 1 heterocycles. The molecule has 5 nitrogen and oxygen atoms in total. The van der Waals surface area contributed by atoms with Gasteiger partial charge in [0.2, 0.25) is 0 Å². The number of unbranched alkanes of at least 4 members (excludes halogenated alkanes) is 13. The molecule has 1 unspecified atom stereocenters. The zero-order chi connectivity index (χ0) is 26.1. The molecule has 1 aromatic heterocycles. The maximum atomic E-state index is 10.7. The zero-order valence-electron chi connectivity index (χ0n) is 23.1. The first-order valence-electron chi connectivity index (χ1n) is 14.8. The molecule has 0 aliphatic carbocycles. The van der Waals surface area contributed by atoms with Crippen LogP contribution in [0.15, 0.2) is 54.6 Å². The van der Waals surface area contributed by atoms with Crippen molar-refractivity contribution in [2.24, 2.45) is 0 Å². The predicted molar refractivity (Wildman–Crippen MR) is 155 cm³/mol. The van der Waals surface area contributed by atoms with Crippen LogP contribution in [-0.2, 0) is 13.1 Å². The molecule has 0 aliphatic rings. The standard InChI is InChI=1S/C32H49N3O2/c1-2-3-4-5-6-7-8-9-10-11-12-13-14-20-25-34-30-23-18-19-24-31(30)35(32(34)33)26-28(36)27-37-29-21-16-15-17-22-29/h15-19,21-24,28,33,36H,2-14,20,25-27H2,1H3/p+1. The molecule has 0 radical (unpaired) electrons. The monoisotopic (exact) mass is 508 g/mol. The van der Waals surface area contributed by atoms with E-state index in [1.807, 2.05) is 41.0 Å². The van der Waals surface area contributed by atoms with Crippen LogP contribution in [0.3, 0.4) is 0 Å². The van der Waals surface area contributed by atoms with Crippen LogP contribution in [-0.4, -0.2) is 22.4 Å². The van der Waals surface area contributed by atoms with Crippen LogP contribution in [0, 0.1) is 0 Å². The van der Waals surface area contributed by atoms with Gasteiger partial charge in [0.05, 0.1) is 6.54 Å². The average Bonchev–Trinajstić information content (AvgIpc) is 3.18. The van der Waals surface area contributed by atoms with E-state index in [2.05, 4.69) is 29.7 Å². The number of nitrogens with zero attached hydrogens (tertiary/aromatic N) is 2. The molecule has 204 valence electrons. The highest BCUT2D eigenvalue weighted by molar-refractivity contribution is 5.73. The van der Waals surface area contributed by atoms with E-state index in [4.69, 9.17) is 10.5 Å².